The summed E-state index contributed by atoms with van der Waals surface area (Å²) < 4.78 is 0.500. The normalized spacial score (nSPS) is 10.4. The standard InChI is InChI=1S/C9H5BrN2O2/c10-8-6-4-11-2-1-5(6)3-7(12-8)9(13)14/h1-4H,(H,13,14). The van der Waals surface area contributed by atoms with Gasteiger partial charge >= 0.3 is 5.97 Å². The SMILES string of the molecule is O=C(O)c1cc2ccncc2c(Br)n1. The first-order valence-corrected chi connectivity index (χ1v) is 4.61. The number of hydrogen-bond acceptors (Lipinski definition) is 3. The molecular formula is C9H5BrN2O2. The number of carboxylic acids is 1. The number of aromatic nitrogens is 2. The summed E-state index contributed by atoms with van der Waals surface area (Å²) in [6.45, 7) is 0. The third-order valence-corrected chi connectivity index (χ3v) is 2.41. The van der Waals surface area contributed by atoms with Crippen LogP contribution in [0.3, 0.4) is 0 Å². The van der Waals surface area contributed by atoms with Gasteiger partial charge < -0.3 is 5.11 Å². The molecule has 14 heavy (non-hydrogen) atoms. The summed E-state index contributed by atoms with van der Waals surface area (Å²) in [4.78, 5) is 18.5. The minimum Gasteiger partial charge on any atom is -0.477 e. The van der Waals surface area contributed by atoms with Gasteiger partial charge in [0, 0.05) is 17.8 Å². The Hall–Kier alpha value is -1.49. The van der Waals surface area contributed by atoms with E-state index in [0.29, 0.717) is 4.60 Å². The van der Waals surface area contributed by atoms with Gasteiger partial charge in [0.25, 0.3) is 0 Å². The van der Waals surface area contributed by atoms with Crippen LogP contribution < -0.4 is 0 Å². The predicted octanol–water partition coefficient (Wildman–Crippen LogP) is 2.09. The van der Waals surface area contributed by atoms with E-state index >= 15 is 0 Å². The number of pyridine rings is 2. The molecule has 2 aromatic heterocycles. The van der Waals surface area contributed by atoms with Crippen molar-refractivity contribution in [2.75, 3.05) is 0 Å². The van der Waals surface area contributed by atoms with Gasteiger partial charge in [0.15, 0.2) is 0 Å². The van der Waals surface area contributed by atoms with Gasteiger partial charge in [-0.15, -0.1) is 0 Å². The van der Waals surface area contributed by atoms with Crippen LogP contribution >= 0.6 is 15.9 Å². The van der Waals surface area contributed by atoms with Gasteiger partial charge in [0.2, 0.25) is 0 Å². The first-order chi connectivity index (χ1) is 6.68. The fourth-order valence-electron chi connectivity index (χ4n) is 1.16. The van der Waals surface area contributed by atoms with E-state index in [2.05, 4.69) is 25.9 Å². The molecule has 0 fully saturated rings. The molecule has 0 atom stereocenters. The number of rotatable bonds is 1. The van der Waals surface area contributed by atoms with Crippen LogP contribution in [0.1, 0.15) is 10.5 Å². The molecule has 0 aromatic carbocycles. The van der Waals surface area contributed by atoms with Crippen molar-refractivity contribution >= 4 is 32.7 Å². The Morgan fingerprint density at radius 2 is 2.29 bits per heavy atom. The van der Waals surface area contributed by atoms with E-state index in [-0.39, 0.29) is 5.69 Å². The molecule has 1 N–H and O–H groups in total. The van der Waals surface area contributed by atoms with Gasteiger partial charge in [-0.3, -0.25) is 4.98 Å². The second kappa shape index (κ2) is 3.34. The van der Waals surface area contributed by atoms with Crippen LogP contribution in [-0.4, -0.2) is 21.0 Å². The van der Waals surface area contributed by atoms with Crippen LogP contribution in [0, 0.1) is 0 Å². The van der Waals surface area contributed by atoms with Crippen molar-refractivity contribution in [2.45, 2.75) is 0 Å². The molecule has 0 radical (unpaired) electrons. The Kier molecular flexibility index (Phi) is 2.17. The predicted molar refractivity (Wildman–Crippen MR) is 54.2 cm³/mol. The lowest BCUT2D eigenvalue weighted by Gasteiger charge is -2.00. The summed E-state index contributed by atoms with van der Waals surface area (Å²) in [6, 6.07) is 3.26. The Morgan fingerprint density at radius 3 is 3.00 bits per heavy atom. The van der Waals surface area contributed by atoms with Crippen molar-refractivity contribution in [2.24, 2.45) is 0 Å². The maximum atomic E-state index is 10.7. The number of carboxylic acid groups (broad SMARTS) is 1. The van der Waals surface area contributed by atoms with Crippen LogP contribution in [0.4, 0.5) is 0 Å². The second-order valence-electron chi connectivity index (χ2n) is 2.70. The molecule has 0 amide bonds. The fourth-order valence-corrected chi connectivity index (χ4v) is 1.68. The highest BCUT2D eigenvalue weighted by molar-refractivity contribution is 9.10. The van der Waals surface area contributed by atoms with E-state index in [1.165, 1.54) is 6.07 Å². The minimum absolute atomic E-state index is 0.0237. The zero-order valence-electron chi connectivity index (χ0n) is 6.94. The molecular weight excluding hydrogens is 248 g/mol. The number of fused-ring (bicyclic) bond motifs is 1. The van der Waals surface area contributed by atoms with Gasteiger partial charge in [0.05, 0.1) is 0 Å². The Bertz CT molecular complexity index is 513. The lowest BCUT2D eigenvalue weighted by Crippen LogP contribution is -2.00. The monoisotopic (exact) mass is 252 g/mol. The molecule has 2 aromatic rings. The molecule has 70 valence electrons. The van der Waals surface area contributed by atoms with E-state index in [9.17, 15) is 4.79 Å². The van der Waals surface area contributed by atoms with E-state index in [0.717, 1.165) is 10.8 Å². The van der Waals surface area contributed by atoms with Crippen molar-refractivity contribution in [3.63, 3.8) is 0 Å². The number of carbonyl (C=O) groups is 1. The highest BCUT2D eigenvalue weighted by atomic mass is 79.9. The number of aromatic carboxylic acids is 1. The lowest BCUT2D eigenvalue weighted by atomic mass is 10.2. The molecule has 0 unspecified atom stereocenters. The summed E-state index contributed by atoms with van der Waals surface area (Å²) in [5.41, 5.74) is 0.0237. The largest absolute Gasteiger partial charge is 0.477 e. The van der Waals surface area contributed by atoms with E-state index < -0.39 is 5.97 Å². The Labute approximate surface area is 87.7 Å². The molecule has 0 spiro atoms. The van der Waals surface area contributed by atoms with Gasteiger partial charge in [-0.2, -0.15) is 0 Å². The van der Waals surface area contributed by atoms with Gasteiger partial charge in [0.1, 0.15) is 10.3 Å². The third-order valence-electron chi connectivity index (χ3n) is 1.81. The molecule has 0 aliphatic carbocycles. The third kappa shape index (κ3) is 1.46. The molecule has 2 heterocycles. The second-order valence-corrected chi connectivity index (χ2v) is 3.45. The van der Waals surface area contributed by atoms with Crippen LogP contribution in [0.2, 0.25) is 0 Å². The average Bonchev–Trinajstić information content (AvgIpc) is 2.17. The molecule has 0 bridgehead atoms. The molecule has 0 aliphatic rings. The Morgan fingerprint density at radius 1 is 1.50 bits per heavy atom. The van der Waals surface area contributed by atoms with Gasteiger partial charge in [-0.1, -0.05) is 0 Å². The zero-order chi connectivity index (χ0) is 10.1. The quantitative estimate of drug-likeness (QED) is 0.790. The molecule has 0 saturated heterocycles. The van der Waals surface area contributed by atoms with Crippen molar-refractivity contribution in [3.8, 4) is 0 Å². The first kappa shape index (κ1) is 9.08. The van der Waals surface area contributed by atoms with Crippen molar-refractivity contribution in [3.05, 3.63) is 34.8 Å². The van der Waals surface area contributed by atoms with E-state index in [1.54, 1.807) is 18.5 Å². The molecule has 0 saturated carbocycles. The summed E-state index contributed by atoms with van der Waals surface area (Å²) in [5.74, 6) is -1.04. The van der Waals surface area contributed by atoms with Crippen LogP contribution in [-0.2, 0) is 0 Å². The number of halogens is 1. The molecule has 5 heteroatoms. The maximum absolute atomic E-state index is 10.7. The first-order valence-electron chi connectivity index (χ1n) is 3.82. The highest BCUT2D eigenvalue weighted by Gasteiger charge is 2.08. The van der Waals surface area contributed by atoms with Gasteiger partial charge in [-0.05, 0) is 33.4 Å². The van der Waals surface area contributed by atoms with E-state index in [4.69, 9.17) is 5.11 Å². The number of hydrogen-bond donors (Lipinski definition) is 1. The minimum atomic E-state index is -1.04. The topological polar surface area (TPSA) is 63.1 Å². The van der Waals surface area contributed by atoms with Crippen LogP contribution in [0.5, 0.6) is 0 Å². The summed E-state index contributed by atoms with van der Waals surface area (Å²) in [7, 11) is 0. The summed E-state index contributed by atoms with van der Waals surface area (Å²) in [6.07, 6.45) is 3.25. The maximum Gasteiger partial charge on any atom is 0.354 e. The van der Waals surface area contributed by atoms with Crippen molar-refractivity contribution < 1.29 is 9.90 Å². The van der Waals surface area contributed by atoms with Crippen LogP contribution in [0.25, 0.3) is 10.8 Å². The van der Waals surface area contributed by atoms with Crippen LogP contribution in [0.15, 0.2) is 29.1 Å². The fraction of sp³-hybridized carbons (Fsp3) is 0. The van der Waals surface area contributed by atoms with E-state index in [1.807, 2.05) is 0 Å². The average molecular weight is 253 g/mol. The van der Waals surface area contributed by atoms with Gasteiger partial charge in [-0.25, -0.2) is 9.78 Å². The molecule has 0 aliphatic heterocycles. The highest BCUT2D eigenvalue weighted by Crippen LogP contribution is 2.21. The van der Waals surface area contributed by atoms with Crippen molar-refractivity contribution in [1.29, 1.82) is 0 Å². The Balaban J connectivity index is 2.78. The summed E-state index contributed by atoms with van der Waals surface area (Å²) >= 11 is 3.20. The number of nitrogens with zero attached hydrogens (tertiary/aromatic N) is 2. The molecule has 2 rings (SSSR count). The zero-order valence-corrected chi connectivity index (χ0v) is 8.52. The molecule has 4 nitrogen and oxygen atoms in total. The van der Waals surface area contributed by atoms with Crippen molar-refractivity contribution in [1.82, 2.24) is 9.97 Å². The summed E-state index contributed by atoms with van der Waals surface area (Å²) in [5, 5.41) is 10.4. The lowest BCUT2D eigenvalue weighted by molar-refractivity contribution is 0.0690. The smallest absolute Gasteiger partial charge is 0.354 e.